The molecule has 0 saturated carbocycles. The molecule has 228 valence electrons. The average Bonchev–Trinajstić information content (AvgIpc) is 3.56. The topological polar surface area (TPSA) is 38.7 Å². The van der Waals surface area contributed by atoms with E-state index in [1.807, 2.05) is 0 Å². The summed E-state index contributed by atoms with van der Waals surface area (Å²) in [6, 6.07) is 58.0. The Labute approximate surface area is 286 Å². The zero-order valence-electron chi connectivity index (χ0n) is 26.3. The van der Waals surface area contributed by atoms with Crippen molar-refractivity contribution in [2.45, 2.75) is 0 Å². The van der Waals surface area contributed by atoms with Crippen LogP contribution in [0.4, 0.5) is 0 Å². The number of thiophene rings is 1. The van der Waals surface area contributed by atoms with E-state index < -0.39 is 0 Å². The molecule has 0 aliphatic carbocycles. The molecular weight excluding hydrogens is 615 g/mol. The van der Waals surface area contributed by atoms with Crippen molar-refractivity contribution in [3.8, 4) is 45.3 Å². The van der Waals surface area contributed by atoms with Crippen LogP contribution in [0.25, 0.3) is 97.8 Å². The molecule has 8 aromatic carbocycles. The van der Waals surface area contributed by atoms with Crippen LogP contribution in [0.3, 0.4) is 0 Å². The monoisotopic (exact) mass is 641 g/mol. The van der Waals surface area contributed by atoms with Gasteiger partial charge < -0.3 is 0 Å². The Bertz CT molecular complexity index is 2890. The lowest BCUT2D eigenvalue weighted by Gasteiger charge is -2.14. The third-order valence-corrected chi connectivity index (χ3v) is 10.8. The summed E-state index contributed by atoms with van der Waals surface area (Å²) >= 11 is 1.79. The minimum Gasteiger partial charge on any atom is -0.208 e. The van der Waals surface area contributed by atoms with E-state index in [4.69, 9.17) is 15.0 Å². The Hall–Kier alpha value is -6.23. The summed E-state index contributed by atoms with van der Waals surface area (Å²) in [6.45, 7) is 0. The van der Waals surface area contributed by atoms with Gasteiger partial charge in [0.2, 0.25) is 0 Å². The lowest BCUT2D eigenvalue weighted by Crippen LogP contribution is -2.01. The van der Waals surface area contributed by atoms with Crippen molar-refractivity contribution in [3.05, 3.63) is 164 Å². The van der Waals surface area contributed by atoms with Gasteiger partial charge in [0.05, 0.1) is 0 Å². The number of hydrogen-bond acceptors (Lipinski definition) is 4. The Balaban J connectivity index is 1.25. The number of benzene rings is 8. The molecule has 0 aliphatic rings. The molecule has 0 unspecified atom stereocenters. The van der Waals surface area contributed by atoms with Gasteiger partial charge >= 0.3 is 0 Å². The standard InChI is InChI=1S/C45H27N3S/c1-3-16-30-28(12-1)14-7-19-32(30)33-20-9-22-35-34(33)21-10-25-39(35)44-46-43(38-24-8-15-29-13-2-4-17-31(29)38)47-45(48-44)40-26-11-23-37-36-18-5-6-27-41(36)49-42(37)40/h1-27H. The van der Waals surface area contributed by atoms with Crippen LogP contribution in [0, 0.1) is 0 Å². The predicted octanol–water partition coefficient (Wildman–Crippen LogP) is 12.4. The molecule has 4 heteroatoms. The smallest absolute Gasteiger partial charge is 0.165 e. The van der Waals surface area contributed by atoms with Crippen molar-refractivity contribution in [1.29, 1.82) is 0 Å². The fourth-order valence-electron chi connectivity index (χ4n) is 7.28. The van der Waals surface area contributed by atoms with Crippen molar-refractivity contribution >= 4 is 63.8 Å². The molecule has 0 fully saturated rings. The maximum atomic E-state index is 5.29. The van der Waals surface area contributed by atoms with E-state index in [1.54, 1.807) is 11.3 Å². The predicted molar refractivity (Wildman–Crippen MR) is 207 cm³/mol. The second kappa shape index (κ2) is 11.2. The van der Waals surface area contributed by atoms with Crippen LogP contribution >= 0.6 is 11.3 Å². The van der Waals surface area contributed by atoms with Crippen LogP contribution in [-0.4, -0.2) is 15.0 Å². The maximum Gasteiger partial charge on any atom is 0.165 e. The second-order valence-electron chi connectivity index (χ2n) is 12.3. The van der Waals surface area contributed by atoms with Crippen molar-refractivity contribution < 1.29 is 0 Å². The van der Waals surface area contributed by atoms with Gasteiger partial charge in [0.15, 0.2) is 17.5 Å². The maximum absolute atomic E-state index is 5.29. The fraction of sp³-hybridized carbons (Fsp3) is 0. The highest BCUT2D eigenvalue weighted by Gasteiger charge is 2.19. The summed E-state index contributed by atoms with van der Waals surface area (Å²) < 4.78 is 2.43. The Morgan fingerprint density at radius 2 is 0.673 bits per heavy atom. The van der Waals surface area contributed by atoms with Crippen molar-refractivity contribution in [3.63, 3.8) is 0 Å². The summed E-state index contributed by atoms with van der Waals surface area (Å²) in [6.07, 6.45) is 0. The molecule has 0 N–H and O–H groups in total. The van der Waals surface area contributed by atoms with Gasteiger partial charge in [-0.25, -0.2) is 15.0 Å². The zero-order chi connectivity index (χ0) is 32.3. The normalized spacial score (nSPS) is 11.7. The number of nitrogens with zero attached hydrogens (tertiary/aromatic N) is 3. The molecule has 0 atom stereocenters. The van der Waals surface area contributed by atoms with E-state index in [1.165, 1.54) is 42.1 Å². The molecule has 0 amide bonds. The number of hydrogen-bond donors (Lipinski definition) is 0. The van der Waals surface area contributed by atoms with Gasteiger partial charge in [-0.3, -0.25) is 0 Å². The van der Waals surface area contributed by atoms with Crippen LogP contribution < -0.4 is 0 Å². The largest absolute Gasteiger partial charge is 0.208 e. The fourth-order valence-corrected chi connectivity index (χ4v) is 8.49. The summed E-state index contributed by atoms with van der Waals surface area (Å²) in [5, 5.41) is 9.47. The van der Waals surface area contributed by atoms with Gasteiger partial charge in [0, 0.05) is 36.9 Å². The van der Waals surface area contributed by atoms with Crippen LogP contribution in [-0.2, 0) is 0 Å². The minimum atomic E-state index is 0.659. The molecule has 0 saturated heterocycles. The minimum absolute atomic E-state index is 0.659. The Morgan fingerprint density at radius 3 is 1.35 bits per heavy atom. The van der Waals surface area contributed by atoms with Gasteiger partial charge in [0.25, 0.3) is 0 Å². The molecule has 0 radical (unpaired) electrons. The first-order chi connectivity index (χ1) is 24.3. The SMILES string of the molecule is c1ccc2c(-c3nc(-c4cccc5c(-c6cccc7ccccc67)cccc45)nc(-c4cccc5c4sc4ccccc45)n3)cccc2c1. The van der Waals surface area contributed by atoms with Gasteiger partial charge in [0.1, 0.15) is 0 Å². The van der Waals surface area contributed by atoms with E-state index in [0.29, 0.717) is 17.5 Å². The van der Waals surface area contributed by atoms with Gasteiger partial charge in [-0.2, -0.15) is 0 Å². The van der Waals surface area contributed by atoms with Gasteiger partial charge in [-0.05, 0) is 55.6 Å². The molecule has 2 aromatic heterocycles. The first-order valence-electron chi connectivity index (χ1n) is 16.5. The lowest BCUT2D eigenvalue weighted by molar-refractivity contribution is 1.08. The summed E-state index contributed by atoms with van der Waals surface area (Å²) in [5.41, 5.74) is 5.39. The third-order valence-electron chi connectivity index (χ3n) is 9.55. The second-order valence-corrected chi connectivity index (χ2v) is 13.4. The van der Waals surface area contributed by atoms with Crippen molar-refractivity contribution in [2.24, 2.45) is 0 Å². The van der Waals surface area contributed by atoms with E-state index >= 15 is 0 Å². The van der Waals surface area contributed by atoms with E-state index in [9.17, 15) is 0 Å². The third kappa shape index (κ3) is 4.53. The number of aromatic nitrogens is 3. The van der Waals surface area contributed by atoms with Crippen molar-refractivity contribution in [2.75, 3.05) is 0 Å². The average molecular weight is 642 g/mol. The van der Waals surface area contributed by atoms with Crippen LogP contribution in [0.15, 0.2) is 164 Å². The highest BCUT2D eigenvalue weighted by molar-refractivity contribution is 7.26. The van der Waals surface area contributed by atoms with Crippen LogP contribution in [0.1, 0.15) is 0 Å². The van der Waals surface area contributed by atoms with Crippen molar-refractivity contribution in [1.82, 2.24) is 15.0 Å². The summed E-state index contributed by atoms with van der Waals surface area (Å²) in [4.78, 5) is 15.8. The first-order valence-corrected chi connectivity index (χ1v) is 17.3. The summed E-state index contributed by atoms with van der Waals surface area (Å²) in [7, 11) is 0. The highest BCUT2D eigenvalue weighted by Crippen LogP contribution is 2.41. The Morgan fingerprint density at radius 1 is 0.286 bits per heavy atom. The van der Waals surface area contributed by atoms with E-state index in [2.05, 4.69) is 164 Å². The molecule has 10 rings (SSSR count). The lowest BCUT2D eigenvalue weighted by atomic mass is 9.92. The van der Waals surface area contributed by atoms with E-state index in [0.717, 1.165) is 38.2 Å². The molecule has 0 bridgehead atoms. The van der Waals surface area contributed by atoms with Crippen LogP contribution in [0.5, 0.6) is 0 Å². The quantitative estimate of drug-likeness (QED) is 0.192. The molecule has 2 heterocycles. The van der Waals surface area contributed by atoms with E-state index in [-0.39, 0.29) is 0 Å². The highest BCUT2D eigenvalue weighted by atomic mass is 32.1. The van der Waals surface area contributed by atoms with Gasteiger partial charge in [-0.15, -0.1) is 11.3 Å². The molecular formula is C45H27N3S. The summed E-state index contributed by atoms with van der Waals surface area (Å²) in [5.74, 6) is 2.00. The molecule has 3 nitrogen and oxygen atoms in total. The molecule has 49 heavy (non-hydrogen) atoms. The molecule has 0 aliphatic heterocycles. The van der Waals surface area contributed by atoms with Gasteiger partial charge in [-0.1, -0.05) is 152 Å². The van der Waals surface area contributed by atoms with Crippen LogP contribution in [0.2, 0.25) is 0 Å². The Kier molecular flexibility index (Phi) is 6.36. The molecule has 10 aromatic rings. The molecule has 0 spiro atoms. The number of rotatable bonds is 4. The first kappa shape index (κ1) is 27.8. The zero-order valence-corrected chi connectivity index (χ0v) is 27.2. The number of fused-ring (bicyclic) bond motifs is 6.